The van der Waals surface area contributed by atoms with Crippen molar-refractivity contribution in [3.8, 4) is 0 Å². The van der Waals surface area contributed by atoms with Crippen LogP contribution in [0.4, 0.5) is 0 Å². The summed E-state index contributed by atoms with van der Waals surface area (Å²) < 4.78 is 0. The molecular weight excluding hydrogens is 172 g/mol. The van der Waals surface area contributed by atoms with E-state index in [0.29, 0.717) is 12.2 Å². The normalized spacial score (nSPS) is 21.2. The zero-order valence-corrected chi connectivity index (χ0v) is 9.52. The van der Waals surface area contributed by atoms with Gasteiger partial charge in [-0.2, -0.15) is 0 Å². The molecule has 0 fully saturated rings. The van der Waals surface area contributed by atoms with Crippen molar-refractivity contribution in [1.82, 2.24) is 0 Å². The van der Waals surface area contributed by atoms with Gasteiger partial charge in [0.25, 0.3) is 0 Å². The van der Waals surface area contributed by atoms with Crippen LogP contribution in [0.25, 0.3) is 0 Å². The molecule has 78 valence electrons. The van der Waals surface area contributed by atoms with E-state index in [9.17, 15) is 4.79 Å². The zero-order valence-electron chi connectivity index (χ0n) is 9.52. The molecule has 0 saturated heterocycles. The molecule has 1 nitrogen and oxygen atoms in total. The fraction of sp³-hybridized carbons (Fsp3) is 0.615. The Bertz CT molecular complexity index is 282. The van der Waals surface area contributed by atoms with Crippen LogP contribution in [0.5, 0.6) is 0 Å². The number of carbonyl (C=O) groups is 1. The number of rotatable bonds is 3. The van der Waals surface area contributed by atoms with Gasteiger partial charge in [0.15, 0.2) is 5.78 Å². The van der Waals surface area contributed by atoms with E-state index < -0.39 is 0 Å². The lowest BCUT2D eigenvalue weighted by atomic mass is 9.73. The predicted molar refractivity (Wildman–Crippen MR) is 60.2 cm³/mol. The Morgan fingerprint density at radius 1 is 1.43 bits per heavy atom. The Morgan fingerprint density at radius 3 is 2.57 bits per heavy atom. The minimum atomic E-state index is 0.166. The van der Waals surface area contributed by atoms with Crippen molar-refractivity contribution >= 4 is 5.78 Å². The standard InChI is InChI=1S/C13H20O/c1-5-6-7-11-10(2)8-13(3,4)9-12(11)14/h5H,1,6-9H2,2-4H3. The molecule has 0 N–H and O–H groups in total. The second-order valence-corrected chi connectivity index (χ2v) is 5.03. The molecule has 1 aliphatic carbocycles. The van der Waals surface area contributed by atoms with Crippen molar-refractivity contribution in [2.75, 3.05) is 0 Å². The summed E-state index contributed by atoms with van der Waals surface area (Å²) in [6, 6.07) is 0. The van der Waals surface area contributed by atoms with Gasteiger partial charge in [-0.25, -0.2) is 0 Å². The molecule has 0 aromatic carbocycles. The third kappa shape index (κ3) is 2.57. The average molecular weight is 192 g/mol. The molecule has 1 aliphatic rings. The number of Topliss-reactive ketones (excluding diaryl/α,β-unsaturated/α-hetero) is 1. The second-order valence-electron chi connectivity index (χ2n) is 5.03. The van der Waals surface area contributed by atoms with Gasteiger partial charge in [0, 0.05) is 6.42 Å². The molecule has 0 radical (unpaired) electrons. The van der Waals surface area contributed by atoms with Crippen LogP contribution >= 0.6 is 0 Å². The molecule has 0 spiro atoms. The van der Waals surface area contributed by atoms with Crippen LogP contribution in [0, 0.1) is 5.41 Å². The average Bonchev–Trinajstić information content (AvgIpc) is 2.00. The van der Waals surface area contributed by atoms with E-state index in [-0.39, 0.29) is 5.41 Å². The van der Waals surface area contributed by atoms with Gasteiger partial charge in [0.2, 0.25) is 0 Å². The van der Waals surface area contributed by atoms with Crippen LogP contribution in [0.1, 0.15) is 46.5 Å². The molecule has 0 aromatic heterocycles. The van der Waals surface area contributed by atoms with Gasteiger partial charge in [-0.15, -0.1) is 6.58 Å². The summed E-state index contributed by atoms with van der Waals surface area (Å²) in [6.07, 6.45) is 5.44. The Kier molecular flexibility index (Phi) is 3.30. The molecule has 0 aliphatic heterocycles. The van der Waals surface area contributed by atoms with Crippen LogP contribution in [0.15, 0.2) is 23.8 Å². The smallest absolute Gasteiger partial charge is 0.159 e. The number of ketones is 1. The van der Waals surface area contributed by atoms with Gasteiger partial charge in [-0.3, -0.25) is 4.79 Å². The van der Waals surface area contributed by atoms with E-state index in [1.54, 1.807) is 0 Å². The van der Waals surface area contributed by atoms with Gasteiger partial charge in [-0.1, -0.05) is 25.5 Å². The van der Waals surface area contributed by atoms with Crippen molar-refractivity contribution in [2.24, 2.45) is 5.41 Å². The molecule has 1 heteroatoms. The van der Waals surface area contributed by atoms with Crippen molar-refractivity contribution < 1.29 is 4.79 Å². The topological polar surface area (TPSA) is 17.1 Å². The fourth-order valence-electron chi connectivity index (χ4n) is 2.27. The summed E-state index contributed by atoms with van der Waals surface area (Å²) in [5, 5.41) is 0. The van der Waals surface area contributed by atoms with Gasteiger partial charge in [-0.05, 0) is 37.2 Å². The molecule has 0 heterocycles. The lowest BCUT2D eigenvalue weighted by Gasteiger charge is -2.30. The Morgan fingerprint density at radius 2 is 2.07 bits per heavy atom. The van der Waals surface area contributed by atoms with Crippen molar-refractivity contribution in [2.45, 2.75) is 46.5 Å². The molecule has 1 rings (SSSR count). The first-order chi connectivity index (χ1) is 6.46. The highest BCUT2D eigenvalue weighted by Crippen LogP contribution is 2.37. The first-order valence-corrected chi connectivity index (χ1v) is 5.29. The van der Waals surface area contributed by atoms with Crippen molar-refractivity contribution in [3.63, 3.8) is 0 Å². The van der Waals surface area contributed by atoms with E-state index >= 15 is 0 Å². The highest BCUT2D eigenvalue weighted by atomic mass is 16.1. The van der Waals surface area contributed by atoms with Gasteiger partial charge < -0.3 is 0 Å². The first kappa shape index (κ1) is 11.2. The highest BCUT2D eigenvalue weighted by Gasteiger charge is 2.30. The summed E-state index contributed by atoms with van der Waals surface area (Å²) in [6.45, 7) is 10.1. The van der Waals surface area contributed by atoms with Gasteiger partial charge >= 0.3 is 0 Å². The van der Waals surface area contributed by atoms with Crippen LogP contribution < -0.4 is 0 Å². The monoisotopic (exact) mass is 192 g/mol. The summed E-state index contributed by atoms with van der Waals surface area (Å²) in [7, 11) is 0. The summed E-state index contributed by atoms with van der Waals surface area (Å²) in [5.41, 5.74) is 2.51. The molecule has 0 saturated carbocycles. The largest absolute Gasteiger partial charge is 0.295 e. The van der Waals surface area contributed by atoms with E-state index in [1.807, 2.05) is 6.08 Å². The maximum Gasteiger partial charge on any atom is 0.159 e. The Balaban J connectivity index is 2.82. The lowest BCUT2D eigenvalue weighted by Crippen LogP contribution is -2.25. The quantitative estimate of drug-likeness (QED) is 0.624. The van der Waals surface area contributed by atoms with Crippen LogP contribution in [0.2, 0.25) is 0 Å². The molecular formula is C13H20O. The maximum absolute atomic E-state index is 11.8. The first-order valence-electron chi connectivity index (χ1n) is 5.29. The Labute approximate surface area is 86.9 Å². The number of hydrogen-bond donors (Lipinski definition) is 0. The molecule has 0 atom stereocenters. The maximum atomic E-state index is 11.8. The van der Waals surface area contributed by atoms with Crippen LogP contribution in [-0.4, -0.2) is 5.78 Å². The number of hydrogen-bond acceptors (Lipinski definition) is 1. The van der Waals surface area contributed by atoms with E-state index in [0.717, 1.165) is 24.8 Å². The molecule has 14 heavy (non-hydrogen) atoms. The Hall–Kier alpha value is -0.850. The highest BCUT2D eigenvalue weighted by molar-refractivity contribution is 5.97. The SMILES string of the molecule is C=CCCC1=C(C)CC(C)(C)CC1=O. The molecule has 0 aromatic rings. The van der Waals surface area contributed by atoms with E-state index in [4.69, 9.17) is 0 Å². The lowest BCUT2D eigenvalue weighted by molar-refractivity contribution is -0.118. The molecule has 0 unspecified atom stereocenters. The summed E-state index contributed by atoms with van der Waals surface area (Å²) in [4.78, 5) is 11.8. The van der Waals surface area contributed by atoms with Crippen LogP contribution in [0.3, 0.4) is 0 Å². The second kappa shape index (κ2) is 4.12. The fourth-order valence-corrected chi connectivity index (χ4v) is 2.27. The predicted octanol–water partition coefficient (Wildman–Crippen LogP) is 3.66. The third-order valence-corrected chi connectivity index (χ3v) is 2.83. The van der Waals surface area contributed by atoms with E-state index in [1.165, 1.54) is 5.57 Å². The zero-order chi connectivity index (χ0) is 10.8. The van der Waals surface area contributed by atoms with Crippen molar-refractivity contribution in [3.05, 3.63) is 23.8 Å². The summed E-state index contributed by atoms with van der Waals surface area (Å²) in [5.74, 6) is 0.348. The number of carbonyl (C=O) groups excluding carboxylic acids is 1. The number of allylic oxidation sites excluding steroid dienone is 3. The third-order valence-electron chi connectivity index (χ3n) is 2.83. The van der Waals surface area contributed by atoms with E-state index in [2.05, 4.69) is 27.4 Å². The minimum absolute atomic E-state index is 0.166. The molecule has 0 bridgehead atoms. The van der Waals surface area contributed by atoms with Crippen LogP contribution in [-0.2, 0) is 4.79 Å². The molecule has 0 amide bonds. The van der Waals surface area contributed by atoms with Crippen molar-refractivity contribution in [1.29, 1.82) is 0 Å². The van der Waals surface area contributed by atoms with Gasteiger partial charge in [0.1, 0.15) is 0 Å². The summed E-state index contributed by atoms with van der Waals surface area (Å²) >= 11 is 0. The van der Waals surface area contributed by atoms with Gasteiger partial charge in [0.05, 0.1) is 0 Å². The minimum Gasteiger partial charge on any atom is -0.295 e.